The van der Waals surface area contributed by atoms with Crippen LogP contribution in [0, 0.1) is 5.92 Å². The number of ether oxygens (including phenoxy) is 1. The lowest BCUT2D eigenvalue weighted by Gasteiger charge is -2.26. The number of nitrogens with zero attached hydrogens (tertiary/aromatic N) is 3. The zero-order valence-electron chi connectivity index (χ0n) is 15.6. The van der Waals surface area contributed by atoms with E-state index in [0.717, 1.165) is 45.2 Å². The van der Waals surface area contributed by atoms with E-state index in [4.69, 9.17) is 4.74 Å². The van der Waals surface area contributed by atoms with Crippen LogP contribution in [0.4, 0.5) is 0 Å². The number of guanidine groups is 1. The fourth-order valence-corrected chi connectivity index (χ4v) is 2.96. The monoisotopic (exact) mass is 467 g/mol. The quantitative estimate of drug-likeness (QED) is 0.329. The van der Waals surface area contributed by atoms with E-state index in [-0.39, 0.29) is 36.4 Å². The molecule has 8 heteroatoms. The fraction of sp³-hybridized carbons (Fsp3) is 0.882. The van der Waals surface area contributed by atoms with Gasteiger partial charge in [0.25, 0.3) is 0 Å². The van der Waals surface area contributed by atoms with Crippen molar-refractivity contribution >= 4 is 35.8 Å². The standard InChI is InChI=1S/C17H33N5O2.HI/c1-21(2)16(23)13-20-17(19-12-15-6-11-24-14-15)18-7-10-22-8-4-3-5-9-22;/h15H,3-14H2,1-2H3,(H2,18,19,20);1H. The van der Waals surface area contributed by atoms with Crippen molar-refractivity contribution in [3.05, 3.63) is 0 Å². The van der Waals surface area contributed by atoms with Gasteiger partial charge in [0, 0.05) is 46.3 Å². The first kappa shape index (κ1) is 22.4. The van der Waals surface area contributed by atoms with Gasteiger partial charge in [0.1, 0.15) is 6.54 Å². The SMILES string of the molecule is CN(C)C(=O)CN=C(NCCN1CCCCC1)NCC1CCOC1.I. The Balaban J connectivity index is 0.00000312. The number of likely N-dealkylation sites (N-methyl/N-ethyl adjacent to an activating group) is 1. The average Bonchev–Trinajstić information content (AvgIpc) is 3.10. The number of nitrogens with one attached hydrogen (secondary N) is 2. The van der Waals surface area contributed by atoms with E-state index in [0.29, 0.717) is 5.92 Å². The molecular formula is C17H34IN5O2. The number of amides is 1. The number of aliphatic imine (C=N–C) groups is 1. The number of carbonyl (C=O) groups is 1. The topological polar surface area (TPSA) is 69.2 Å². The summed E-state index contributed by atoms with van der Waals surface area (Å²) in [5.74, 6) is 1.27. The third-order valence-corrected chi connectivity index (χ3v) is 4.62. The van der Waals surface area contributed by atoms with Crippen LogP contribution in [0.15, 0.2) is 4.99 Å². The van der Waals surface area contributed by atoms with Crippen molar-refractivity contribution < 1.29 is 9.53 Å². The third-order valence-electron chi connectivity index (χ3n) is 4.62. The number of hydrogen-bond acceptors (Lipinski definition) is 4. The van der Waals surface area contributed by atoms with Crippen LogP contribution in [0.5, 0.6) is 0 Å². The molecule has 0 aliphatic carbocycles. The number of likely N-dealkylation sites (tertiary alicyclic amines) is 1. The number of piperidine rings is 1. The zero-order valence-corrected chi connectivity index (χ0v) is 18.0. The molecule has 146 valence electrons. The van der Waals surface area contributed by atoms with Crippen LogP contribution < -0.4 is 10.6 Å². The van der Waals surface area contributed by atoms with E-state index in [1.165, 1.54) is 32.4 Å². The van der Waals surface area contributed by atoms with Gasteiger partial charge in [0.05, 0.1) is 6.61 Å². The normalized spacial score (nSPS) is 21.5. The molecule has 25 heavy (non-hydrogen) atoms. The average molecular weight is 467 g/mol. The van der Waals surface area contributed by atoms with E-state index in [9.17, 15) is 4.79 Å². The summed E-state index contributed by atoms with van der Waals surface area (Å²) in [5.41, 5.74) is 0. The van der Waals surface area contributed by atoms with Gasteiger partial charge in [0.2, 0.25) is 5.91 Å². The molecule has 1 atom stereocenters. The molecule has 0 aromatic heterocycles. The van der Waals surface area contributed by atoms with Gasteiger partial charge in [-0.05, 0) is 32.4 Å². The maximum atomic E-state index is 11.8. The van der Waals surface area contributed by atoms with Crippen LogP contribution in [-0.4, -0.2) is 88.2 Å². The van der Waals surface area contributed by atoms with Crippen molar-refractivity contribution in [3.63, 3.8) is 0 Å². The summed E-state index contributed by atoms with van der Waals surface area (Å²) in [6, 6.07) is 0. The van der Waals surface area contributed by atoms with Gasteiger partial charge in [-0.15, -0.1) is 24.0 Å². The molecule has 0 spiro atoms. The van der Waals surface area contributed by atoms with Gasteiger partial charge in [-0.25, -0.2) is 4.99 Å². The molecule has 0 saturated carbocycles. The smallest absolute Gasteiger partial charge is 0.243 e. The second kappa shape index (κ2) is 12.7. The van der Waals surface area contributed by atoms with Gasteiger partial charge in [-0.1, -0.05) is 6.42 Å². The Morgan fingerprint density at radius 1 is 1.24 bits per heavy atom. The Morgan fingerprint density at radius 2 is 2.00 bits per heavy atom. The van der Waals surface area contributed by atoms with E-state index in [2.05, 4.69) is 20.5 Å². The lowest BCUT2D eigenvalue weighted by Crippen LogP contribution is -2.44. The predicted octanol–water partition coefficient (Wildman–Crippen LogP) is 0.750. The van der Waals surface area contributed by atoms with Crippen LogP contribution in [0.1, 0.15) is 25.7 Å². The summed E-state index contributed by atoms with van der Waals surface area (Å²) in [6.45, 7) is 6.93. The van der Waals surface area contributed by atoms with Gasteiger partial charge >= 0.3 is 0 Å². The summed E-state index contributed by atoms with van der Waals surface area (Å²) in [7, 11) is 3.51. The first-order chi connectivity index (χ1) is 11.6. The van der Waals surface area contributed by atoms with Crippen molar-refractivity contribution in [2.45, 2.75) is 25.7 Å². The minimum Gasteiger partial charge on any atom is -0.381 e. The molecule has 2 heterocycles. The second-order valence-corrected chi connectivity index (χ2v) is 6.89. The molecule has 0 aromatic carbocycles. The Labute approximate surface area is 169 Å². The van der Waals surface area contributed by atoms with Crippen molar-refractivity contribution in [2.24, 2.45) is 10.9 Å². The molecule has 0 radical (unpaired) electrons. The molecule has 2 aliphatic rings. The van der Waals surface area contributed by atoms with Gasteiger partial charge < -0.3 is 25.2 Å². The van der Waals surface area contributed by atoms with Crippen molar-refractivity contribution in [1.29, 1.82) is 0 Å². The summed E-state index contributed by atoms with van der Waals surface area (Å²) in [5, 5.41) is 6.73. The maximum absolute atomic E-state index is 11.8. The summed E-state index contributed by atoms with van der Waals surface area (Å²) >= 11 is 0. The number of hydrogen-bond donors (Lipinski definition) is 2. The lowest BCUT2D eigenvalue weighted by molar-refractivity contribution is -0.127. The Morgan fingerprint density at radius 3 is 2.64 bits per heavy atom. The van der Waals surface area contributed by atoms with E-state index in [1.807, 2.05) is 0 Å². The molecular weight excluding hydrogens is 433 g/mol. The number of carbonyl (C=O) groups excluding carboxylic acids is 1. The number of halogens is 1. The molecule has 2 rings (SSSR count). The summed E-state index contributed by atoms with van der Waals surface area (Å²) in [4.78, 5) is 20.3. The highest BCUT2D eigenvalue weighted by atomic mass is 127. The molecule has 7 nitrogen and oxygen atoms in total. The predicted molar refractivity (Wildman–Crippen MR) is 112 cm³/mol. The Hall–Kier alpha value is -0.610. The highest BCUT2D eigenvalue weighted by Gasteiger charge is 2.16. The summed E-state index contributed by atoms with van der Waals surface area (Å²) in [6.07, 6.45) is 5.05. The maximum Gasteiger partial charge on any atom is 0.243 e. The van der Waals surface area contributed by atoms with Gasteiger partial charge in [0.15, 0.2) is 5.96 Å². The molecule has 1 amide bonds. The number of rotatable bonds is 7. The minimum atomic E-state index is 0. The molecule has 2 aliphatic heterocycles. The van der Waals surface area contributed by atoms with Crippen LogP contribution in [0.25, 0.3) is 0 Å². The summed E-state index contributed by atoms with van der Waals surface area (Å²) < 4.78 is 5.41. The molecule has 2 N–H and O–H groups in total. The van der Waals surface area contributed by atoms with E-state index >= 15 is 0 Å². The lowest BCUT2D eigenvalue weighted by atomic mass is 10.1. The van der Waals surface area contributed by atoms with Gasteiger partial charge in [-0.3, -0.25) is 4.79 Å². The highest BCUT2D eigenvalue weighted by molar-refractivity contribution is 14.0. The fourth-order valence-electron chi connectivity index (χ4n) is 2.96. The first-order valence-corrected chi connectivity index (χ1v) is 9.17. The van der Waals surface area contributed by atoms with E-state index in [1.54, 1.807) is 19.0 Å². The molecule has 0 bridgehead atoms. The molecule has 2 saturated heterocycles. The zero-order chi connectivity index (χ0) is 17.2. The molecule has 0 aromatic rings. The van der Waals surface area contributed by atoms with Crippen molar-refractivity contribution in [1.82, 2.24) is 20.4 Å². The molecule has 1 unspecified atom stereocenters. The van der Waals surface area contributed by atoms with Gasteiger partial charge in [-0.2, -0.15) is 0 Å². The second-order valence-electron chi connectivity index (χ2n) is 6.89. The Bertz CT molecular complexity index is 408. The third kappa shape index (κ3) is 9.05. The molecule has 2 fully saturated rings. The van der Waals surface area contributed by atoms with Crippen LogP contribution in [-0.2, 0) is 9.53 Å². The van der Waals surface area contributed by atoms with Crippen LogP contribution in [0.3, 0.4) is 0 Å². The first-order valence-electron chi connectivity index (χ1n) is 9.17. The minimum absolute atomic E-state index is 0. The Kier molecular flexibility index (Phi) is 11.4. The van der Waals surface area contributed by atoms with Crippen LogP contribution >= 0.6 is 24.0 Å². The van der Waals surface area contributed by atoms with Crippen LogP contribution in [0.2, 0.25) is 0 Å². The van der Waals surface area contributed by atoms with Crippen molar-refractivity contribution in [2.75, 3.05) is 66.6 Å². The van der Waals surface area contributed by atoms with E-state index < -0.39 is 0 Å². The highest BCUT2D eigenvalue weighted by Crippen LogP contribution is 2.10. The van der Waals surface area contributed by atoms with Crippen molar-refractivity contribution in [3.8, 4) is 0 Å². The largest absolute Gasteiger partial charge is 0.381 e.